The van der Waals surface area contributed by atoms with E-state index >= 15 is 0 Å². The molecule has 1 aliphatic heterocycles. The lowest BCUT2D eigenvalue weighted by Gasteiger charge is -2.32. The molecule has 0 radical (unpaired) electrons. The third-order valence-corrected chi connectivity index (χ3v) is 10.4. The molecule has 7 rings (SSSR count). The van der Waals surface area contributed by atoms with Gasteiger partial charge in [0.2, 0.25) is 0 Å². The summed E-state index contributed by atoms with van der Waals surface area (Å²) in [7, 11) is 0. The van der Waals surface area contributed by atoms with E-state index in [-0.39, 0.29) is 35.2 Å². The third kappa shape index (κ3) is 5.87. The number of nitriles is 1. The Morgan fingerprint density at radius 2 is 1.07 bits per heavy atom. The predicted molar refractivity (Wildman–Crippen MR) is 219 cm³/mol. The summed E-state index contributed by atoms with van der Waals surface area (Å²) in [5.41, 5.74) is 9.88. The molecule has 1 aromatic heterocycles. The van der Waals surface area contributed by atoms with Gasteiger partial charge in [-0.05, 0) is 75.8 Å². The van der Waals surface area contributed by atoms with Crippen molar-refractivity contribution in [3.05, 3.63) is 159 Å². The fourth-order valence-corrected chi connectivity index (χ4v) is 7.74. The quantitative estimate of drug-likeness (QED) is 0.0951. The number of carbonyl (C=O) groups excluding carboxylic acids is 1. The molecule has 0 fully saturated rings. The standard InChI is InChI=1S/C47H44N6O/c1-27(2)31-18-14-19-32(28(3)4)43(31)52-41(25-24-37-42(40(26-48)49-9)35-16-10-11-17-36(35)45(37)54)53(44-33(29(5)6)20-15-21-34(44)30(7)8)47-46(52)50-38-22-12-13-23-39(38)51-47/h10-25,27-30H,1-8H3/b37-24-,42-40-. The Morgan fingerprint density at radius 1 is 0.648 bits per heavy atom. The maximum atomic E-state index is 14.2. The second-order valence-electron chi connectivity index (χ2n) is 15.1. The summed E-state index contributed by atoms with van der Waals surface area (Å²) in [6, 6.07) is 30.2. The summed E-state index contributed by atoms with van der Waals surface area (Å²) >= 11 is 0. The van der Waals surface area contributed by atoms with Crippen molar-refractivity contribution in [3.63, 3.8) is 0 Å². The number of ketones is 1. The molecule has 0 saturated heterocycles. The van der Waals surface area contributed by atoms with Gasteiger partial charge >= 0.3 is 0 Å². The summed E-state index contributed by atoms with van der Waals surface area (Å²) in [4.78, 5) is 33.0. The monoisotopic (exact) mass is 708 g/mol. The van der Waals surface area contributed by atoms with Gasteiger partial charge in [-0.3, -0.25) is 14.6 Å². The van der Waals surface area contributed by atoms with E-state index in [4.69, 9.17) is 16.5 Å². The lowest BCUT2D eigenvalue weighted by molar-refractivity contribution is 0.104. The molecule has 7 heteroatoms. The minimum absolute atomic E-state index is 0.115. The van der Waals surface area contributed by atoms with Crippen LogP contribution in [0, 0.1) is 17.9 Å². The summed E-state index contributed by atoms with van der Waals surface area (Å²) in [6.07, 6.45) is 3.76. The molecular formula is C47H44N6O. The minimum atomic E-state index is -0.222. The number of allylic oxidation sites excluding steroid dienone is 5. The SMILES string of the molecule is [C-]#[N+]/C(C#N)=C1\C(=C\C=C2N(c3c(C(C)C)cccc3C(C)C)c3nc4ccccc4nc3N2c2c(C(C)C)cccc2C(C)C)C(=O)c2ccccc21. The fourth-order valence-electron chi connectivity index (χ4n) is 7.74. The molecule has 0 unspecified atom stereocenters. The van der Waals surface area contributed by atoms with Crippen LogP contribution in [0.1, 0.15) is 117 Å². The zero-order chi connectivity index (χ0) is 38.4. The maximum absolute atomic E-state index is 14.2. The molecule has 0 saturated carbocycles. The van der Waals surface area contributed by atoms with Gasteiger partial charge in [0.15, 0.2) is 17.4 Å². The van der Waals surface area contributed by atoms with Crippen molar-refractivity contribution in [1.29, 1.82) is 5.26 Å². The highest BCUT2D eigenvalue weighted by Crippen LogP contribution is 2.54. The number of hydrogen-bond donors (Lipinski definition) is 0. The zero-order valence-corrected chi connectivity index (χ0v) is 32.1. The molecule has 0 bridgehead atoms. The lowest BCUT2D eigenvalue weighted by atomic mass is 9.91. The topological polar surface area (TPSA) is 77.5 Å². The number of anilines is 4. The summed E-state index contributed by atoms with van der Waals surface area (Å²) < 4.78 is 0. The van der Waals surface area contributed by atoms with Gasteiger partial charge in [-0.1, -0.05) is 128 Å². The first-order chi connectivity index (χ1) is 26.0. The third-order valence-electron chi connectivity index (χ3n) is 10.4. The molecule has 4 aromatic carbocycles. The number of fused-ring (bicyclic) bond motifs is 3. The molecule has 54 heavy (non-hydrogen) atoms. The number of carbonyl (C=O) groups is 1. The number of nitrogens with zero attached hydrogens (tertiary/aromatic N) is 6. The van der Waals surface area contributed by atoms with Crippen LogP contribution in [0.5, 0.6) is 0 Å². The van der Waals surface area contributed by atoms with Crippen LogP contribution >= 0.6 is 0 Å². The Morgan fingerprint density at radius 3 is 1.48 bits per heavy atom. The number of hydrogen-bond acceptors (Lipinski definition) is 6. The van der Waals surface area contributed by atoms with Crippen LogP contribution in [0.4, 0.5) is 23.0 Å². The Balaban J connectivity index is 1.66. The molecule has 0 N–H and O–H groups in total. The molecular weight excluding hydrogens is 665 g/mol. The summed E-state index contributed by atoms with van der Waals surface area (Å²) in [5, 5.41) is 10.1. The van der Waals surface area contributed by atoms with Gasteiger partial charge in [-0.2, -0.15) is 0 Å². The molecule has 5 aromatic rings. The molecule has 0 amide bonds. The average Bonchev–Trinajstić information content (AvgIpc) is 3.62. The second-order valence-corrected chi connectivity index (χ2v) is 15.1. The van der Waals surface area contributed by atoms with Gasteiger partial charge in [-0.15, -0.1) is 0 Å². The van der Waals surface area contributed by atoms with Crippen LogP contribution in [0.25, 0.3) is 21.5 Å². The smallest absolute Gasteiger partial charge is 0.270 e. The molecule has 2 heterocycles. The highest BCUT2D eigenvalue weighted by molar-refractivity contribution is 6.27. The first-order valence-corrected chi connectivity index (χ1v) is 18.7. The minimum Gasteiger partial charge on any atom is -0.289 e. The van der Waals surface area contributed by atoms with Crippen LogP contribution in [0.15, 0.2) is 114 Å². The van der Waals surface area contributed by atoms with Gasteiger partial charge in [0.25, 0.3) is 5.70 Å². The van der Waals surface area contributed by atoms with Crippen LogP contribution in [-0.2, 0) is 0 Å². The van der Waals surface area contributed by atoms with Crippen LogP contribution in [-0.4, -0.2) is 15.8 Å². The van der Waals surface area contributed by atoms with Gasteiger partial charge in [-0.25, -0.2) is 20.1 Å². The van der Waals surface area contributed by atoms with Crippen molar-refractivity contribution in [2.24, 2.45) is 0 Å². The van der Waals surface area contributed by atoms with Crippen molar-refractivity contribution in [1.82, 2.24) is 9.97 Å². The predicted octanol–water partition coefficient (Wildman–Crippen LogP) is 12.2. The van der Waals surface area contributed by atoms with Gasteiger partial charge in [0.05, 0.1) is 35.0 Å². The van der Waals surface area contributed by atoms with E-state index in [9.17, 15) is 10.1 Å². The van der Waals surface area contributed by atoms with E-state index in [1.165, 1.54) is 0 Å². The van der Waals surface area contributed by atoms with Crippen molar-refractivity contribution in [3.8, 4) is 6.07 Å². The van der Waals surface area contributed by atoms with E-state index in [0.29, 0.717) is 33.9 Å². The molecule has 1 aliphatic carbocycles. The fraction of sp³-hybridized carbons (Fsp3) is 0.255. The lowest BCUT2D eigenvalue weighted by Crippen LogP contribution is -2.26. The highest BCUT2D eigenvalue weighted by atomic mass is 16.1. The van der Waals surface area contributed by atoms with Crippen LogP contribution < -0.4 is 9.80 Å². The number of Topliss-reactive ketones (excluding diaryl/α,β-unsaturated/α-hetero) is 1. The van der Waals surface area contributed by atoms with E-state index in [2.05, 4.69) is 113 Å². The molecule has 0 atom stereocenters. The Hall–Kier alpha value is -6.31. The van der Waals surface area contributed by atoms with E-state index in [0.717, 1.165) is 50.5 Å². The Labute approximate surface area is 318 Å². The van der Waals surface area contributed by atoms with Crippen molar-refractivity contribution >= 4 is 45.4 Å². The number of rotatable bonds is 7. The highest BCUT2D eigenvalue weighted by Gasteiger charge is 2.41. The number of aromatic nitrogens is 2. The van der Waals surface area contributed by atoms with Gasteiger partial charge < -0.3 is 0 Å². The number of para-hydroxylation sites is 4. The zero-order valence-electron chi connectivity index (χ0n) is 32.1. The molecule has 0 spiro atoms. The number of benzene rings is 4. The van der Waals surface area contributed by atoms with E-state index < -0.39 is 0 Å². The Kier molecular flexibility index (Phi) is 9.52. The van der Waals surface area contributed by atoms with Crippen molar-refractivity contribution in [2.75, 3.05) is 9.80 Å². The Bertz CT molecular complexity index is 2340. The van der Waals surface area contributed by atoms with Crippen LogP contribution in [0.3, 0.4) is 0 Å². The van der Waals surface area contributed by atoms with Crippen LogP contribution in [0.2, 0.25) is 0 Å². The largest absolute Gasteiger partial charge is 0.289 e. The summed E-state index contributed by atoms with van der Waals surface area (Å²) in [5.74, 6) is 2.62. The van der Waals surface area contributed by atoms with Gasteiger partial charge in [0, 0.05) is 16.7 Å². The van der Waals surface area contributed by atoms with Crippen molar-refractivity contribution < 1.29 is 4.79 Å². The van der Waals surface area contributed by atoms with Gasteiger partial charge in [0.1, 0.15) is 5.82 Å². The van der Waals surface area contributed by atoms with E-state index in [1.807, 2.05) is 48.5 Å². The second kappa shape index (κ2) is 14.3. The maximum Gasteiger partial charge on any atom is 0.270 e. The molecule has 7 nitrogen and oxygen atoms in total. The molecule has 268 valence electrons. The first-order valence-electron chi connectivity index (χ1n) is 18.7. The van der Waals surface area contributed by atoms with E-state index in [1.54, 1.807) is 12.1 Å². The average molecular weight is 709 g/mol. The normalized spacial score (nSPS) is 15.5. The van der Waals surface area contributed by atoms with Crippen molar-refractivity contribution in [2.45, 2.75) is 79.1 Å². The summed E-state index contributed by atoms with van der Waals surface area (Å²) in [6.45, 7) is 25.5. The molecule has 2 aliphatic rings. The first kappa shape index (κ1) is 36.1.